The predicted octanol–water partition coefficient (Wildman–Crippen LogP) is 0.737. The summed E-state index contributed by atoms with van der Waals surface area (Å²) in [4.78, 5) is 15.8. The van der Waals surface area contributed by atoms with E-state index >= 15 is 0 Å². The highest BCUT2D eigenvalue weighted by Gasteiger charge is 2.10. The van der Waals surface area contributed by atoms with Crippen LogP contribution in [0.5, 0.6) is 5.75 Å². The third kappa shape index (κ3) is 4.82. The van der Waals surface area contributed by atoms with Crippen molar-refractivity contribution in [2.75, 3.05) is 13.7 Å². The predicted molar refractivity (Wildman–Crippen MR) is 70.4 cm³/mol. The summed E-state index contributed by atoms with van der Waals surface area (Å²) in [6.45, 7) is 0.517. The van der Waals surface area contributed by atoms with Crippen molar-refractivity contribution in [1.29, 1.82) is 0 Å². The summed E-state index contributed by atoms with van der Waals surface area (Å²) in [6.07, 6.45) is 5.02. The van der Waals surface area contributed by atoms with Gasteiger partial charge in [0.1, 0.15) is 11.6 Å². The normalized spacial score (nSPS) is 11.1. The van der Waals surface area contributed by atoms with E-state index in [1.54, 1.807) is 6.07 Å². The second-order valence-electron chi connectivity index (χ2n) is 3.88. The number of amides is 1. The Labute approximate surface area is 111 Å². The Morgan fingerprint density at radius 3 is 3.05 bits per heavy atom. The Morgan fingerprint density at radius 1 is 1.58 bits per heavy atom. The van der Waals surface area contributed by atoms with Gasteiger partial charge in [-0.1, -0.05) is 5.16 Å². The van der Waals surface area contributed by atoms with Crippen LogP contribution >= 0.6 is 0 Å². The number of carbonyl (C=O) groups excluding carboxylic acids is 1. The Balaban J connectivity index is 2.35. The highest BCUT2D eigenvalue weighted by Crippen LogP contribution is 2.15. The number of carbonyl (C=O) groups is 1. The first-order chi connectivity index (χ1) is 9.19. The molecule has 0 saturated carbocycles. The van der Waals surface area contributed by atoms with Crippen LogP contribution in [0, 0.1) is 0 Å². The molecule has 0 aromatic carbocycles. The number of amidine groups is 1. The Kier molecular flexibility index (Phi) is 6.14. The average Bonchev–Trinajstić information content (AvgIpc) is 2.46. The fourth-order valence-electron chi connectivity index (χ4n) is 1.51. The molecule has 0 unspecified atom stereocenters. The molecule has 104 valence electrons. The number of nitrogens with two attached hydrogens (primary N) is 1. The number of oxime groups is 1. The number of pyridine rings is 1. The van der Waals surface area contributed by atoms with Crippen molar-refractivity contribution in [3.8, 4) is 5.75 Å². The van der Waals surface area contributed by atoms with E-state index in [0.29, 0.717) is 24.3 Å². The first-order valence-electron chi connectivity index (χ1n) is 5.91. The highest BCUT2D eigenvalue weighted by molar-refractivity contribution is 5.96. The number of rotatable bonds is 7. The summed E-state index contributed by atoms with van der Waals surface area (Å²) in [5, 5.41) is 14.0. The summed E-state index contributed by atoms with van der Waals surface area (Å²) in [5.74, 6) is 0.432. The summed E-state index contributed by atoms with van der Waals surface area (Å²) in [6, 6.07) is 1.60. The van der Waals surface area contributed by atoms with Crippen LogP contribution in [0.4, 0.5) is 0 Å². The van der Waals surface area contributed by atoms with Crippen molar-refractivity contribution in [3.63, 3.8) is 0 Å². The lowest BCUT2D eigenvalue weighted by Gasteiger charge is -2.08. The van der Waals surface area contributed by atoms with E-state index < -0.39 is 0 Å². The standard InChI is InChI=1S/C12H18N4O3/c1-19-10-8-14-7-5-9(10)12(17)15-6-3-2-4-11(13)16-18/h5,7-8,18H,2-4,6H2,1H3,(H2,13,16)(H,15,17). The average molecular weight is 266 g/mol. The van der Waals surface area contributed by atoms with Crippen molar-refractivity contribution < 1.29 is 14.7 Å². The molecule has 7 heteroatoms. The minimum Gasteiger partial charge on any atom is -0.494 e. The third-order valence-corrected chi connectivity index (χ3v) is 2.52. The summed E-state index contributed by atoms with van der Waals surface area (Å²) in [7, 11) is 1.49. The molecule has 4 N–H and O–H groups in total. The fourth-order valence-corrected chi connectivity index (χ4v) is 1.51. The Hall–Kier alpha value is -2.31. The van der Waals surface area contributed by atoms with Crippen LogP contribution in [0.15, 0.2) is 23.6 Å². The van der Waals surface area contributed by atoms with Crippen LogP contribution in [-0.4, -0.2) is 35.6 Å². The number of hydrogen-bond acceptors (Lipinski definition) is 5. The van der Waals surface area contributed by atoms with Crippen molar-refractivity contribution in [2.24, 2.45) is 10.9 Å². The second kappa shape index (κ2) is 7.91. The highest BCUT2D eigenvalue weighted by atomic mass is 16.5. The maximum atomic E-state index is 11.9. The molecule has 0 radical (unpaired) electrons. The molecule has 0 aliphatic rings. The molecule has 1 rings (SSSR count). The fraction of sp³-hybridized carbons (Fsp3) is 0.417. The number of nitrogens with zero attached hydrogens (tertiary/aromatic N) is 2. The van der Waals surface area contributed by atoms with Gasteiger partial charge in [0.05, 0.1) is 18.9 Å². The smallest absolute Gasteiger partial charge is 0.255 e. The zero-order valence-electron chi connectivity index (χ0n) is 10.8. The van der Waals surface area contributed by atoms with Gasteiger partial charge in [0.15, 0.2) is 0 Å². The maximum Gasteiger partial charge on any atom is 0.255 e. The largest absolute Gasteiger partial charge is 0.494 e. The van der Waals surface area contributed by atoms with E-state index in [2.05, 4.69) is 15.5 Å². The van der Waals surface area contributed by atoms with E-state index in [9.17, 15) is 4.79 Å². The number of aromatic nitrogens is 1. The Morgan fingerprint density at radius 2 is 2.37 bits per heavy atom. The number of hydrogen-bond donors (Lipinski definition) is 3. The number of methoxy groups -OCH3 is 1. The monoisotopic (exact) mass is 266 g/mol. The van der Waals surface area contributed by atoms with E-state index in [4.69, 9.17) is 15.7 Å². The van der Waals surface area contributed by atoms with Gasteiger partial charge in [0.2, 0.25) is 0 Å². The molecule has 0 fully saturated rings. The van der Waals surface area contributed by atoms with E-state index in [-0.39, 0.29) is 11.7 Å². The second-order valence-corrected chi connectivity index (χ2v) is 3.88. The van der Waals surface area contributed by atoms with Gasteiger partial charge >= 0.3 is 0 Å². The van der Waals surface area contributed by atoms with Gasteiger partial charge in [-0.15, -0.1) is 0 Å². The molecule has 0 atom stereocenters. The van der Waals surface area contributed by atoms with E-state index in [1.165, 1.54) is 19.5 Å². The Bertz CT molecular complexity index is 448. The van der Waals surface area contributed by atoms with Gasteiger partial charge in [-0.2, -0.15) is 0 Å². The number of nitrogens with one attached hydrogen (secondary N) is 1. The molecule has 0 spiro atoms. The van der Waals surface area contributed by atoms with Gasteiger partial charge in [0.25, 0.3) is 5.91 Å². The lowest BCUT2D eigenvalue weighted by Crippen LogP contribution is -2.25. The summed E-state index contributed by atoms with van der Waals surface area (Å²) < 4.78 is 5.06. The molecule has 0 aliphatic carbocycles. The molecule has 0 saturated heterocycles. The minimum absolute atomic E-state index is 0.196. The lowest BCUT2D eigenvalue weighted by atomic mass is 10.2. The quantitative estimate of drug-likeness (QED) is 0.222. The lowest BCUT2D eigenvalue weighted by molar-refractivity contribution is 0.0950. The first kappa shape index (κ1) is 14.7. The molecular weight excluding hydrogens is 248 g/mol. The van der Waals surface area contributed by atoms with Crippen molar-refractivity contribution >= 4 is 11.7 Å². The number of ether oxygens (including phenoxy) is 1. The van der Waals surface area contributed by atoms with E-state index in [1.807, 2.05) is 0 Å². The van der Waals surface area contributed by atoms with Crippen LogP contribution in [0.1, 0.15) is 29.6 Å². The zero-order valence-corrected chi connectivity index (χ0v) is 10.8. The van der Waals surface area contributed by atoms with Crippen LogP contribution in [-0.2, 0) is 0 Å². The van der Waals surface area contributed by atoms with Gasteiger partial charge in [-0.05, 0) is 18.9 Å². The van der Waals surface area contributed by atoms with Crippen molar-refractivity contribution in [3.05, 3.63) is 24.0 Å². The molecule has 1 aromatic heterocycles. The molecule has 1 amide bonds. The van der Waals surface area contributed by atoms with Gasteiger partial charge in [-0.25, -0.2) is 0 Å². The molecule has 0 aliphatic heterocycles. The number of unbranched alkanes of at least 4 members (excludes halogenated alkanes) is 1. The van der Waals surface area contributed by atoms with Gasteiger partial charge in [-0.3, -0.25) is 9.78 Å². The summed E-state index contributed by atoms with van der Waals surface area (Å²) >= 11 is 0. The van der Waals surface area contributed by atoms with Crippen molar-refractivity contribution in [1.82, 2.24) is 10.3 Å². The van der Waals surface area contributed by atoms with Crippen LogP contribution < -0.4 is 15.8 Å². The molecule has 0 bridgehead atoms. The van der Waals surface area contributed by atoms with Crippen LogP contribution in [0.25, 0.3) is 0 Å². The van der Waals surface area contributed by atoms with Crippen molar-refractivity contribution in [2.45, 2.75) is 19.3 Å². The molecule has 7 nitrogen and oxygen atoms in total. The van der Waals surface area contributed by atoms with Crippen LogP contribution in [0.2, 0.25) is 0 Å². The maximum absolute atomic E-state index is 11.9. The molecular formula is C12H18N4O3. The topological polar surface area (TPSA) is 110 Å². The zero-order chi connectivity index (χ0) is 14.1. The van der Waals surface area contributed by atoms with Crippen LogP contribution in [0.3, 0.4) is 0 Å². The van der Waals surface area contributed by atoms with Gasteiger partial charge < -0.3 is 21.0 Å². The summed E-state index contributed by atoms with van der Waals surface area (Å²) in [5.41, 5.74) is 5.79. The van der Waals surface area contributed by atoms with Gasteiger partial charge in [0, 0.05) is 19.2 Å². The first-order valence-corrected chi connectivity index (χ1v) is 5.91. The molecule has 19 heavy (non-hydrogen) atoms. The molecule has 1 aromatic rings. The van der Waals surface area contributed by atoms with E-state index in [0.717, 1.165) is 12.8 Å². The third-order valence-electron chi connectivity index (χ3n) is 2.52. The molecule has 1 heterocycles. The minimum atomic E-state index is -0.206. The SMILES string of the molecule is COc1cnccc1C(=O)NCCCC/C(N)=N/O.